The Hall–Kier alpha value is -1.53. The first-order valence-corrected chi connectivity index (χ1v) is 9.74. The highest BCUT2D eigenvalue weighted by Crippen LogP contribution is 2.39. The number of anilines is 1. The van der Waals surface area contributed by atoms with Gasteiger partial charge in [0.2, 0.25) is 0 Å². The molecule has 0 unspecified atom stereocenters. The molecule has 126 valence electrons. The zero-order valence-electron chi connectivity index (χ0n) is 12.8. The van der Waals surface area contributed by atoms with E-state index in [1.165, 1.54) is 27.7 Å². The molecule has 3 aromatic rings. The van der Waals surface area contributed by atoms with Gasteiger partial charge in [-0.3, -0.25) is 0 Å². The minimum Gasteiger partial charge on any atom is -0.370 e. The number of hydrogen-bond acceptors (Lipinski definition) is 6. The summed E-state index contributed by atoms with van der Waals surface area (Å²) in [4.78, 5) is 2.14. The maximum absolute atomic E-state index is 12.5. The summed E-state index contributed by atoms with van der Waals surface area (Å²) in [6, 6.07) is 4.00. The van der Waals surface area contributed by atoms with Crippen LogP contribution in [0.3, 0.4) is 0 Å². The van der Waals surface area contributed by atoms with Crippen LogP contribution in [-0.4, -0.2) is 16.8 Å². The Morgan fingerprint density at radius 2 is 2.25 bits per heavy atom. The number of halogens is 2. The van der Waals surface area contributed by atoms with Gasteiger partial charge in [-0.25, -0.2) is 0 Å². The van der Waals surface area contributed by atoms with Crippen LogP contribution < -0.4 is 11.1 Å². The fraction of sp³-hybridized carbons (Fsp3) is 0.312. The summed E-state index contributed by atoms with van der Waals surface area (Å²) < 4.78 is 30.4. The molecule has 0 aliphatic heterocycles. The first-order valence-electron chi connectivity index (χ1n) is 7.27. The molecule has 3 heterocycles. The largest absolute Gasteiger partial charge is 0.370 e. The fourth-order valence-electron chi connectivity index (χ4n) is 2.23. The minimum absolute atomic E-state index is 0.0638. The highest BCUT2D eigenvalue weighted by Gasteiger charge is 2.18. The van der Waals surface area contributed by atoms with Gasteiger partial charge in [-0.1, -0.05) is 12.0 Å². The third kappa shape index (κ3) is 3.92. The zero-order chi connectivity index (χ0) is 17.1. The molecule has 3 N–H and O–H groups in total. The number of hydrogen-bond donors (Lipinski definition) is 2. The number of nitrogens with two attached hydrogens (primary N) is 1. The molecule has 0 saturated carbocycles. The molecule has 8 heteroatoms. The monoisotopic (exact) mass is 383 g/mol. The number of nitrogens with one attached hydrogen (secondary N) is 1. The van der Waals surface area contributed by atoms with E-state index in [0.29, 0.717) is 24.0 Å². The first-order chi connectivity index (χ1) is 11.5. The minimum atomic E-state index is -2.65. The molecule has 1 atom stereocenters. The lowest BCUT2D eigenvalue weighted by Crippen LogP contribution is -2.17. The second-order valence-electron chi connectivity index (χ2n) is 5.27. The average Bonchev–Trinajstić information content (AvgIpc) is 3.20. The predicted octanol–water partition coefficient (Wildman–Crippen LogP) is 4.54. The van der Waals surface area contributed by atoms with Crippen LogP contribution in [0.1, 0.15) is 22.2 Å². The van der Waals surface area contributed by atoms with Crippen LogP contribution in [0.25, 0.3) is 10.2 Å². The van der Waals surface area contributed by atoms with E-state index in [9.17, 15) is 8.78 Å². The summed E-state index contributed by atoms with van der Waals surface area (Å²) in [5.41, 5.74) is 7.17. The molecule has 0 aliphatic rings. The Bertz CT molecular complexity index is 870. The van der Waals surface area contributed by atoms with Crippen LogP contribution in [0.15, 0.2) is 17.5 Å². The fourth-order valence-corrected chi connectivity index (χ4v) is 5.10. The van der Waals surface area contributed by atoms with Gasteiger partial charge in [0.25, 0.3) is 6.43 Å². The van der Waals surface area contributed by atoms with Gasteiger partial charge in [-0.05, 0) is 42.2 Å². The lowest BCUT2D eigenvalue weighted by atomic mass is 10.1. The van der Waals surface area contributed by atoms with Crippen molar-refractivity contribution in [3.63, 3.8) is 0 Å². The van der Waals surface area contributed by atoms with Gasteiger partial charge in [0.05, 0.1) is 16.8 Å². The number of thiophene rings is 2. The normalized spacial score (nSPS) is 12.4. The Kier molecular flexibility index (Phi) is 5.46. The van der Waals surface area contributed by atoms with Crippen molar-refractivity contribution < 1.29 is 8.78 Å². The SMILES string of the molecule is C[C@H](N)Cc1sc2c(NCc3cccs3)snc2c1C#CC(F)F. The molecular formula is C16H15F2N3S3. The molecule has 3 nitrogen and oxygen atoms in total. The number of aromatic nitrogens is 1. The van der Waals surface area contributed by atoms with Gasteiger partial charge >= 0.3 is 0 Å². The van der Waals surface area contributed by atoms with Gasteiger partial charge in [-0.15, -0.1) is 22.7 Å². The van der Waals surface area contributed by atoms with Gasteiger partial charge in [0, 0.05) is 15.8 Å². The van der Waals surface area contributed by atoms with E-state index < -0.39 is 6.43 Å². The smallest absolute Gasteiger partial charge is 0.299 e. The Labute approximate surface area is 150 Å². The summed E-state index contributed by atoms with van der Waals surface area (Å²) in [5.74, 6) is 4.54. The maximum Gasteiger partial charge on any atom is 0.299 e. The quantitative estimate of drug-likeness (QED) is 0.636. The van der Waals surface area contributed by atoms with E-state index in [1.54, 1.807) is 11.3 Å². The second kappa shape index (κ2) is 7.57. The van der Waals surface area contributed by atoms with Crippen molar-refractivity contribution >= 4 is 49.4 Å². The van der Waals surface area contributed by atoms with Crippen molar-refractivity contribution in [2.75, 3.05) is 5.32 Å². The molecule has 0 spiro atoms. The lowest BCUT2D eigenvalue weighted by Gasteiger charge is -2.03. The number of nitrogens with zero attached hydrogens (tertiary/aromatic N) is 1. The molecule has 0 amide bonds. The molecule has 0 aliphatic carbocycles. The van der Waals surface area contributed by atoms with E-state index in [1.807, 2.05) is 24.3 Å². The molecule has 3 aromatic heterocycles. The molecule has 0 bridgehead atoms. The summed E-state index contributed by atoms with van der Waals surface area (Å²) in [7, 11) is 0. The van der Waals surface area contributed by atoms with Gasteiger partial charge in [0.15, 0.2) is 0 Å². The Morgan fingerprint density at radius 1 is 1.42 bits per heavy atom. The van der Waals surface area contributed by atoms with Gasteiger partial charge in [0.1, 0.15) is 10.5 Å². The van der Waals surface area contributed by atoms with Crippen LogP contribution in [-0.2, 0) is 13.0 Å². The van der Waals surface area contributed by atoms with Crippen molar-refractivity contribution in [1.29, 1.82) is 0 Å². The average molecular weight is 384 g/mol. The van der Waals surface area contributed by atoms with Crippen LogP contribution in [0.5, 0.6) is 0 Å². The molecule has 0 aromatic carbocycles. The van der Waals surface area contributed by atoms with Crippen LogP contribution >= 0.6 is 34.2 Å². The molecule has 0 saturated heterocycles. The van der Waals surface area contributed by atoms with E-state index in [2.05, 4.69) is 21.7 Å². The maximum atomic E-state index is 12.5. The molecule has 0 fully saturated rings. The zero-order valence-corrected chi connectivity index (χ0v) is 15.3. The molecular weight excluding hydrogens is 368 g/mol. The van der Waals surface area contributed by atoms with Crippen LogP contribution in [0.2, 0.25) is 0 Å². The molecule has 3 rings (SSSR count). The first kappa shape index (κ1) is 17.3. The number of rotatable bonds is 5. The summed E-state index contributed by atoms with van der Waals surface area (Å²) in [6.45, 7) is 2.61. The number of alkyl halides is 2. The van der Waals surface area contributed by atoms with Crippen LogP contribution in [0.4, 0.5) is 13.8 Å². The molecule has 0 radical (unpaired) electrons. The summed E-state index contributed by atoms with van der Waals surface area (Å²) in [5, 5.41) is 6.35. The summed E-state index contributed by atoms with van der Waals surface area (Å²) in [6.07, 6.45) is -2.05. The van der Waals surface area contributed by atoms with Gasteiger partial charge in [-0.2, -0.15) is 13.2 Å². The van der Waals surface area contributed by atoms with Crippen molar-refractivity contribution in [1.82, 2.24) is 4.37 Å². The van der Waals surface area contributed by atoms with Crippen LogP contribution in [0, 0.1) is 11.8 Å². The van der Waals surface area contributed by atoms with Crippen molar-refractivity contribution in [3.8, 4) is 11.8 Å². The highest BCUT2D eigenvalue weighted by atomic mass is 32.1. The van der Waals surface area contributed by atoms with E-state index >= 15 is 0 Å². The van der Waals surface area contributed by atoms with E-state index in [-0.39, 0.29) is 6.04 Å². The topological polar surface area (TPSA) is 50.9 Å². The third-order valence-electron chi connectivity index (χ3n) is 3.21. The van der Waals surface area contributed by atoms with Crippen molar-refractivity contribution in [2.24, 2.45) is 5.73 Å². The lowest BCUT2D eigenvalue weighted by molar-refractivity contribution is 0.215. The van der Waals surface area contributed by atoms with Gasteiger partial charge < -0.3 is 11.1 Å². The predicted molar refractivity (Wildman–Crippen MR) is 99.4 cm³/mol. The van der Waals surface area contributed by atoms with Crippen molar-refractivity contribution in [2.45, 2.75) is 32.4 Å². The standard InChI is InChI=1S/C16H15F2N3S3/c1-9(19)7-12-11(4-5-13(17)18)14-15(23-12)16(24-21-14)20-8-10-3-2-6-22-10/h2-3,6,9,13,20H,7-8,19H2,1H3/t9-/m0/s1. The molecule has 24 heavy (non-hydrogen) atoms. The van der Waals surface area contributed by atoms with E-state index in [4.69, 9.17) is 5.73 Å². The Morgan fingerprint density at radius 3 is 2.92 bits per heavy atom. The Balaban J connectivity index is 1.94. The second-order valence-corrected chi connectivity index (χ2v) is 8.18. The highest BCUT2D eigenvalue weighted by molar-refractivity contribution is 7.24. The van der Waals surface area contributed by atoms with Crippen molar-refractivity contribution in [3.05, 3.63) is 32.8 Å². The third-order valence-corrected chi connectivity index (χ3v) is 6.24. The van der Waals surface area contributed by atoms with E-state index in [0.717, 1.165) is 14.6 Å². The number of fused-ring (bicyclic) bond motifs is 1. The summed E-state index contributed by atoms with van der Waals surface area (Å²) >= 11 is 4.55.